The predicted molar refractivity (Wildman–Crippen MR) is 120 cm³/mol. The topological polar surface area (TPSA) is 52.6 Å². The number of anilines is 1. The molecule has 1 heterocycles. The Bertz CT molecular complexity index is 1160. The van der Waals surface area contributed by atoms with Crippen LogP contribution in [0.3, 0.4) is 0 Å². The highest BCUT2D eigenvalue weighted by atomic mass is 16.5. The zero-order chi connectivity index (χ0) is 20.9. The van der Waals surface area contributed by atoms with Crippen molar-refractivity contribution >= 4 is 16.6 Å². The lowest BCUT2D eigenvalue weighted by Crippen LogP contribution is -2.03. The summed E-state index contributed by atoms with van der Waals surface area (Å²) < 4.78 is 16.8. The van der Waals surface area contributed by atoms with Crippen molar-refractivity contribution in [2.45, 2.75) is 13.5 Å². The Morgan fingerprint density at radius 2 is 1.60 bits per heavy atom. The fourth-order valence-electron chi connectivity index (χ4n) is 3.36. The summed E-state index contributed by atoms with van der Waals surface area (Å²) in [6.45, 7) is 2.60. The van der Waals surface area contributed by atoms with Crippen molar-refractivity contribution in [3.8, 4) is 23.0 Å². The van der Waals surface area contributed by atoms with Gasteiger partial charge in [-0.25, -0.2) is 0 Å². The minimum atomic E-state index is 0.607. The van der Waals surface area contributed by atoms with Gasteiger partial charge < -0.3 is 19.5 Å². The van der Waals surface area contributed by atoms with Crippen LogP contribution in [0.4, 0.5) is 5.69 Å². The third kappa shape index (κ3) is 4.30. The second kappa shape index (κ2) is 8.74. The molecule has 30 heavy (non-hydrogen) atoms. The minimum Gasteiger partial charge on any atom is -0.497 e. The predicted octanol–water partition coefficient (Wildman–Crippen LogP) is 5.96. The second-order valence-corrected chi connectivity index (χ2v) is 6.94. The summed E-state index contributed by atoms with van der Waals surface area (Å²) in [5.41, 5.74) is 3.90. The molecule has 0 saturated carbocycles. The number of pyridine rings is 1. The molecule has 0 spiro atoms. The van der Waals surface area contributed by atoms with Crippen LogP contribution in [0.2, 0.25) is 0 Å². The van der Waals surface area contributed by atoms with Crippen molar-refractivity contribution in [2.75, 3.05) is 19.5 Å². The molecule has 0 fully saturated rings. The van der Waals surface area contributed by atoms with E-state index in [0.717, 1.165) is 50.8 Å². The molecule has 0 aliphatic rings. The maximum Gasteiger partial charge on any atom is 0.128 e. The van der Waals surface area contributed by atoms with Crippen LogP contribution < -0.4 is 19.5 Å². The monoisotopic (exact) mass is 400 g/mol. The van der Waals surface area contributed by atoms with Crippen molar-refractivity contribution in [3.63, 3.8) is 0 Å². The molecule has 0 saturated heterocycles. The molecule has 0 unspecified atom stereocenters. The molecule has 152 valence electrons. The maximum atomic E-state index is 6.01. The number of methoxy groups -OCH3 is 2. The van der Waals surface area contributed by atoms with Gasteiger partial charge in [-0.05, 0) is 55.5 Å². The average Bonchev–Trinajstić information content (AvgIpc) is 2.78. The van der Waals surface area contributed by atoms with Crippen molar-refractivity contribution in [1.82, 2.24) is 4.98 Å². The van der Waals surface area contributed by atoms with Gasteiger partial charge in [0.25, 0.3) is 0 Å². The van der Waals surface area contributed by atoms with E-state index in [1.807, 2.05) is 79.7 Å². The quantitative estimate of drug-likeness (QED) is 0.414. The lowest BCUT2D eigenvalue weighted by Gasteiger charge is -2.15. The molecule has 3 aromatic carbocycles. The maximum absolute atomic E-state index is 6.01. The summed E-state index contributed by atoms with van der Waals surface area (Å²) in [6, 6.07) is 23.6. The number of aromatic nitrogens is 1. The third-order valence-corrected chi connectivity index (χ3v) is 4.85. The van der Waals surface area contributed by atoms with Gasteiger partial charge in [0.2, 0.25) is 0 Å². The number of nitrogens with one attached hydrogen (secondary N) is 1. The lowest BCUT2D eigenvalue weighted by atomic mass is 10.1. The van der Waals surface area contributed by atoms with Crippen LogP contribution in [0.25, 0.3) is 10.9 Å². The number of rotatable bonds is 7. The Hall–Kier alpha value is -3.73. The Morgan fingerprint density at radius 3 is 2.37 bits per heavy atom. The first-order valence-electron chi connectivity index (χ1n) is 9.75. The number of hydrogen-bond acceptors (Lipinski definition) is 5. The Kier molecular flexibility index (Phi) is 5.70. The standard InChI is InChI=1S/C25H24N2O3/c1-17-13-24(26-16-18-9-10-20(28-2)15-25(18)29-3)22-14-21(11-12-23(22)27-17)30-19-7-5-4-6-8-19/h4-15H,16H2,1-3H3,(H,26,27). The van der Waals surface area contributed by atoms with Crippen LogP contribution >= 0.6 is 0 Å². The number of ether oxygens (including phenoxy) is 3. The Balaban J connectivity index is 1.63. The van der Waals surface area contributed by atoms with Gasteiger partial charge in [-0.1, -0.05) is 18.2 Å². The van der Waals surface area contributed by atoms with Gasteiger partial charge in [0, 0.05) is 34.9 Å². The number of nitrogens with zero attached hydrogens (tertiary/aromatic N) is 1. The van der Waals surface area contributed by atoms with Crippen LogP contribution in [0.15, 0.2) is 72.8 Å². The van der Waals surface area contributed by atoms with Crippen molar-refractivity contribution in [2.24, 2.45) is 0 Å². The van der Waals surface area contributed by atoms with Gasteiger partial charge in [0.1, 0.15) is 23.0 Å². The smallest absolute Gasteiger partial charge is 0.128 e. The highest BCUT2D eigenvalue weighted by Gasteiger charge is 2.09. The van der Waals surface area contributed by atoms with E-state index in [2.05, 4.69) is 10.3 Å². The van der Waals surface area contributed by atoms with E-state index < -0.39 is 0 Å². The zero-order valence-corrected chi connectivity index (χ0v) is 17.3. The largest absolute Gasteiger partial charge is 0.497 e. The second-order valence-electron chi connectivity index (χ2n) is 6.94. The number of fused-ring (bicyclic) bond motifs is 1. The first-order chi connectivity index (χ1) is 14.7. The van der Waals surface area contributed by atoms with Crippen LogP contribution in [-0.2, 0) is 6.54 Å². The number of hydrogen-bond donors (Lipinski definition) is 1. The molecule has 4 rings (SSSR count). The van der Waals surface area contributed by atoms with Gasteiger partial charge in [-0.2, -0.15) is 0 Å². The van der Waals surface area contributed by atoms with E-state index in [4.69, 9.17) is 14.2 Å². The summed E-state index contributed by atoms with van der Waals surface area (Å²) in [7, 11) is 3.31. The molecular formula is C25H24N2O3. The summed E-state index contributed by atoms with van der Waals surface area (Å²) in [4.78, 5) is 4.66. The van der Waals surface area contributed by atoms with Crippen LogP contribution in [0, 0.1) is 6.92 Å². The fraction of sp³-hybridized carbons (Fsp3) is 0.160. The van der Waals surface area contributed by atoms with Gasteiger partial charge in [0.05, 0.1) is 19.7 Å². The molecule has 5 nitrogen and oxygen atoms in total. The van der Waals surface area contributed by atoms with Crippen LogP contribution in [0.1, 0.15) is 11.3 Å². The number of para-hydroxylation sites is 1. The first kappa shape index (κ1) is 19.6. The van der Waals surface area contributed by atoms with Crippen LogP contribution in [0.5, 0.6) is 23.0 Å². The highest BCUT2D eigenvalue weighted by molar-refractivity contribution is 5.92. The van der Waals surface area contributed by atoms with E-state index in [-0.39, 0.29) is 0 Å². The molecule has 1 N–H and O–H groups in total. The fourth-order valence-corrected chi connectivity index (χ4v) is 3.36. The molecule has 5 heteroatoms. The summed E-state index contributed by atoms with van der Waals surface area (Å²) in [6.07, 6.45) is 0. The van der Waals surface area contributed by atoms with E-state index in [0.29, 0.717) is 6.54 Å². The lowest BCUT2D eigenvalue weighted by molar-refractivity contribution is 0.391. The molecule has 1 aromatic heterocycles. The van der Waals surface area contributed by atoms with Gasteiger partial charge in [0.15, 0.2) is 0 Å². The third-order valence-electron chi connectivity index (χ3n) is 4.85. The summed E-state index contributed by atoms with van der Waals surface area (Å²) in [5.74, 6) is 3.12. The Morgan fingerprint density at radius 1 is 0.800 bits per heavy atom. The zero-order valence-electron chi connectivity index (χ0n) is 17.3. The molecule has 0 aliphatic carbocycles. The van der Waals surface area contributed by atoms with E-state index in [1.54, 1.807) is 14.2 Å². The van der Waals surface area contributed by atoms with Gasteiger partial charge in [-0.3, -0.25) is 4.98 Å². The van der Waals surface area contributed by atoms with Gasteiger partial charge >= 0.3 is 0 Å². The number of benzene rings is 3. The van der Waals surface area contributed by atoms with Crippen molar-refractivity contribution < 1.29 is 14.2 Å². The van der Waals surface area contributed by atoms with Crippen molar-refractivity contribution in [3.05, 3.63) is 84.1 Å². The summed E-state index contributed by atoms with van der Waals surface area (Å²) in [5, 5.41) is 4.53. The minimum absolute atomic E-state index is 0.607. The molecule has 4 aromatic rings. The van der Waals surface area contributed by atoms with Crippen molar-refractivity contribution in [1.29, 1.82) is 0 Å². The highest BCUT2D eigenvalue weighted by Crippen LogP contribution is 2.31. The average molecular weight is 400 g/mol. The first-order valence-corrected chi connectivity index (χ1v) is 9.75. The van der Waals surface area contributed by atoms with E-state index in [1.165, 1.54) is 0 Å². The molecule has 0 bridgehead atoms. The van der Waals surface area contributed by atoms with Crippen LogP contribution in [-0.4, -0.2) is 19.2 Å². The van der Waals surface area contributed by atoms with Gasteiger partial charge in [-0.15, -0.1) is 0 Å². The molecule has 0 aliphatic heterocycles. The Labute approximate surface area is 176 Å². The normalized spacial score (nSPS) is 10.6. The SMILES string of the molecule is COc1ccc(CNc2cc(C)nc3ccc(Oc4ccccc4)cc23)c(OC)c1. The molecule has 0 amide bonds. The molecule has 0 atom stereocenters. The number of aryl methyl sites for hydroxylation is 1. The van der Waals surface area contributed by atoms with E-state index in [9.17, 15) is 0 Å². The molecule has 0 radical (unpaired) electrons. The van der Waals surface area contributed by atoms with E-state index >= 15 is 0 Å². The molecular weight excluding hydrogens is 376 g/mol. The summed E-state index contributed by atoms with van der Waals surface area (Å²) >= 11 is 0.